The zero-order valence-corrected chi connectivity index (χ0v) is 21.1. The molecule has 1 spiro atoms. The number of hydrogen-bond donors (Lipinski definition) is 1. The fourth-order valence-corrected chi connectivity index (χ4v) is 5.49. The van der Waals surface area contributed by atoms with Crippen molar-refractivity contribution in [2.24, 2.45) is 11.8 Å². The van der Waals surface area contributed by atoms with Crippen molar-refractivity contribution >= 4 is 23.5 Å². The highest BCUT2D eigenvalue weighted by Crippen LogP contribution is 2.53. The molecule has 0 unspecified atom stereocenters. The van der Waals surface area contributed by atoms with E-state index in [0.29, 0.717) is 12.2 Å². The highest BCUT2D eigenvalue weighted by molar-refractivity contribution is 6.03. The van der Waals surface area contributed by atoms with Gasteiger partial charge in [-0.25, -0.2) is 0 Å². The van der Waals surface area contributed by atoms with Crippen molar-refractivity contribution in [3.63, 3.8) is 0 Å². The first kappa shape index (κ1) is 24.2. The van der Waals surface area contributed by atoms with Gasteiger partial charge < -0.3 is 19.7 Å². The Morgan fingerprint density at radius 1 is 1.22 bits per heavy atom. The molecule has 1 aromatic heterocycles. The van der Waals surface area contributed by atoms with Crippen LogP contribution < -0.4 is 10.2 Å². The molecule has 3 aliphatic rings. The van der Waals surface area contributed by atoms with Gasteiger partial charge in [0.05, 0.1) is 24.3 Å². The number of rotatable bonds is 5. The molecule has 0 saturated carbocycles. The van der Waals surface area contributed by atoms with Crippen LogP contribution >= 0.6 is 0 Å². The third kappa shape index (κ3) is 4.09. The van der Waals surface area contributed by atoms with Gasteiger partial charge in [0.2, 0.25) is 12.0 Å². The largest absolute Gasteiger partial charge is 0.445 e. The molecule has 36 heavy (non-hydrogen) atoms. The predicted molar refractivity (Wildman–Crippen MR) is 133 cm³/mol. The van der Waals surface area contributed by atoms with Crippen LogP contribution in [0.15, 0.2) is 54.7 Å². The molecule has 5 atom stereocenters. The summed E-state index contributed by atoms with van der Waals surface area (Å²) in [6, 6.07) is 11.0. The van der Waals surface area contributed by atoms with E-state index in [1.54, 1.807) is 29.3 Å². The van der Waals surface area contributed by atoms with Gasteiger partial charge in [0.25, 0.3) is 5.91 Å². The molecule has 188 valence electrons. The number of esters is 1. The average molecular weight is 490 g/mol. The van der Waals surface area contributed by atoms with Gasteiger partial charge in [-0.15, -0.1) is 0 Å². The number of pyridine rings is 1. The second-order valence-corrected chi connectivity index (χ2v) is 10.9. The minimum absolute atomic E-state index is 0.177. The van der Waals surface area contributed by atoms with E-state index in [-0.39, 0.29) is 5.91 Å². The number of carbonyl (C=O) groups excluding carboxylic acids is 3. The number of benzene rings is 1. The number of aryl methyl sites for hydroxylation is 2. The zero-order valence-electron chi connectivity index (χ0n) is 21.1. The van der Waals surface area contributed by atoms with Gasteiger partial charge in [-0.3, -0.25) is 19.4 Å². The molecule has 8 heteroatoms. The zero-order chi connectivity index (χ0) is 25.8. The third-order valence-corrected chi connectivity index (χ3v) is 6.94. The number of hydrogen-bond acceptors (Lipinski definition) is 6. The molecule has 3 aliphatic heterocycles. The molecule has 5 rings (SSSR count). The van der Waals surface area contributed by atoms with Crippen LogP contribution in [0.25, 0.3) is 0 Å². The van der Waals surface area contributed by atoms with E-state index in [1.807, 2.05) is 65.0 Å². The fraction of sp³-hybridized carbons (Fsp3) is 0.429. The van der Waals surface area contributed by atoms with Crippen LogP contribution in [-0.4, -0.2) is 46.6 Å². The summed E-state index contributed by atoms with van der Waals surface area (Å²) in [4.78, 5) is 46.4. The number of anilines is 1. The number of aromatic nitrogens is 1. The first-order valence-corrected chi connectivity index (χ1v) is 12.2. The van der Waals surface area contributed by atoms with Gasteiger partial charge in [0.1, 0.15) is 11.5 Å². The summed E-state index contributed by atoms with van der Waals surface area (Å²) >= 11 is 0. The summed E-state index contributed by atoms with van der Waals surface area (Å²) in [5.41, 5.74) is 1.78. The van der Waals surface area contributed by atoms with Gasteiger partial charge in [-0.1, -0.05) is 35.9 Å². The molecule has 0 aliphatic carbocycles. The lowest BCUT2D eigenvalue weighted by atomic mass is 9.77. The number of fused-ring (bicyclic) bond motifs is 1. The summed E-state index contributed by atoms with van der Waals surface area (Å²) in [7, 11) is 0. The predicted octanol–water partition coefficient (Wildman–Crippen LogP) is 3.18. The summed E-state index contributed by atoms with van der Waals surface area (Å²) < 4.78 is 12.1. The van der Waals surface area contributed by atoms with Crippen LogP contribution in [0, 0.1) is 25.7 Å². The van der Waals surface area contributed by atoms with Crippen molar-refractivity contribution in [2.45, 2.75) is 58.0 Å². The van der Waals surface area contributed by atoms with Crippen molar-refractivity contribution in [2.75, 3.05) is 11.4 Å². The standard InChI is InChI=1S/C28H31N3O5/c1-16-9-10-19(17(2)14-16)31-15-28-12-11-20(36-28)21(22(28)25(31)33)26(34)35-23(18-8-6-7-13-29-18)24(32)30-27(3,4)5/h6-14,20-23H,15H2,1-5H3,(H,30,32)/t20-,21+,22-,23+,28+/m1/s1. The lowest BCUT2D eigenvalue weighted by Crippen LogP contribution is -2.46. The monoisotopic (exact) mass is 489 g/mol. The second kappa shape index (κ2) is 8.55. The summed E-state index contributed by atoms with van der Waals surface area (Å²) in [6.07, 6.45) is 3.44. The van der Waals surface area contributed by atoms with Gasteiger partial charge in [-0.05, 0) is 58.4 Å². The van der Waals surface area contributed by atoms with Gasteiger partial charge >= 0.3 is 5.97 Å². The molecule has 2 bridgehead atoms. The first-order valence-electron chi connectivity index (χ1n) is 12.2. The maximum absolute atomic E-state index is 13.7. The summed E-state index contributed by atoms with van der Waals surface area (Å²) in [5.74, 6) is -2.88. The van der Waals surface area contributed by atoms with Crippen LogP contribution in [0.4, 0.5) is 5.69 Å². The minimum Gasteiger partial charge on any atom is -0.445 e. The Hall–Kier alpha value is -3.52. The van der Waals surface area contributed by atoms with Crippen LogP contribution in [0.5, 0.6) is 0 Å². The molecule has 2 fully saturated rings. The van der Waals surface area contributed by atoms with Crippen LogP contribution in [0.2, 0.25) is 0 Å². The van der Waals surface area contributed by atoms with Gasteiger partial charge in [0.15, 0.2) is 0 Å². The molecule has 1 N–H and O–H groups in total. The molecule has 2 amide bonds. The van der Waals surface area contributed by atoms with E-state index in [0.717, 1.165) is 16.8 Å². The quantitative estimate of drug-likeness (QED) is 0.512. The lowest BCUT2D eigenvalue weighted by molar-refractivity contribution is -0.163. The molecular formula is C28H31N3O5. The molecular weight excluding hydrogens is 458 g/mol. The number of carbonyl (C=O) groups is 3. The molecule has 8 nitrogen and oxygen atoms in total. The van der Waals surface area contributed by atoms with Gasteiger partial charge in [-0.2, -0.15) is 0 Å². The van der Waals surface area contributed by atoms with E-state index in [9.17, 15) is 14.4 Å². The molecule has 0 radical (unpaired) electrons. The van der Waals surface area contributed by atoms with Crippen molar-refractivity contribution in [1.82, 2.24) is 10.3 Å². The van der Waals surface area contributed by atoms with Gasteiger partial charge in [0, 0.05) is 17.4 Å². The average Bonchev–Trinajstić information content (AvgIpc) is 3.45. The Bertz CT molecular complexity index is 1250. The Balaban J connectivity index is 1.43. The SMILES string of the molecule is Cc1ccc(N2C[C@]34C=C[C@@H](O3)[C@H](C(=O)O[C@H](C(=O)NC(C)(C)C)c3ccccn3)[C@@H]4C2=O)c(C)c1. The normalized spacial score (nSPS) is 27.2. The van der Waals surface area contributed by atoms with E-state index in [2.05, 4.69) is 10.3 Å². The topological polar surface area (TPSA) is 97.8 Å². The Kier molecular flexibility index (Phi) is 5.75. The summed E-state index contributed by atoms with van der Waals surface area (Å²) in [5, 5.41) is 2.86. The third-order valence-electron chi connectivity index (χ3n) is 6.94. The smallest absolute Gasteiger partial charge is 0.314 e. The highest BCUT2D eigenvalue weighted by atomic mass is 16.6. The van der Waals surface area contributed by atoms with Crippen molar-refractivity contribution in [1.29, 1.82) is 0 Å². The highest BCUT2D eigenvalue weighted by Gasteiger charge is 2.67. The Morgan fingerprint density at radius 2 is 2.00 bits per heavy atom. The number of amides is 2. The van der Waals surface area contributed by atoms with Crippen LogP contribution in [0.1, 0.15) is 43.7 Å². The van der Waals surface area contributed by atoms with Crippen molar-refractivity contribution < 1.29 is 23.9 Å². The van der Waals surface area contributed by atoms with E-state index < -0.39 is 47.1 Å². The first-order chi connectivity index (χ1) is 17.0. The van der Waals surface area contributed by atoms with E-state index >= 15 is 0 Å². The van der Waals surface area contributed by atoms with Crippen molar-refractivity contribution in [3.05, 3.63) is 71.6 Å². The molecule has 1 aromatic carbocycles. The van der Waals surface area contributed by atoms with E-state index in [1.165, 1.54) is 0 Å². The maximum atomic E-state index is 13.7. The van der Waals surface area contributed by atoms with E-state index in [4.69, 9.17) is 9.47 Å². The van der Waals surface area contributed by atoms with Crippen molar-refractivity contribution in [3.8, 4) is 0 Å². The fourth-order valence-electron chi connectivity index (χ4n) is 5.49. The summed E-state index contributed by atoms with van der Waals surface area (Å²) in [6.45, 7) is 9.83. The lowest BCUT2D eigenvalue weighted by Gasteiger charge is -2.27. The molecule has 2 aromatic rings. The Labute approximate surface area is 210 Å². The number of nitrogens with zero attached hydrogens (tertiary/aromatic N) is 2. The minimum atomic E-state index is -1.25. The Morgan fingerprint density at radius 3 is 2.67 bits per heavy atom. The number of nitrogens with one attached hydrogen (secondary N) is 1. The maximum Gasteiger partial charge on any atom is 0.314 e. The van der Waals surface area contributed by atoms with Crippen LogP contribution in [0.3, 0.4) is 0 Å². The number of ether oxygens (including phenoxy) is 2. The molecule has 2 saturated heterocycles. The van der Waals surface area contributed by atoms with Crippen LogP contribution in [-0.2, 0) is 23.9 Å². The molecule has 4 heterocycles. The second-order valence-electron chi connectivity index (χ2n) is 10.9.